The lowest BCUT2D eigenvalue weighted by Gasteiger charge is -2.41. The highest BCUT2D eigenvalue weighted by Gasteiger charge is 2.37. The SMILES string of the molecule is Cc1nc(CNC2COC2)c(-c2ccc(OCCc3ccc(F)cc3)cc2)c(N2CCC(C)(C)CC2)c1C(OC(C)(C)C)C(=O)O. The zero-order chi connectivity index (χ0) is 33.1. The van der Waals surface area contributed by atoms with Gasteiger partial charge in [-0.2, -0.15) is 0 Å². The maximum Gasteiger partial charge on any atom is 0.337 e. The number of carbonyl (C=O) groups is 1. The second-order valence-corrected chi connectivity index (χ2v) is 14.2. The number of piperidine rings is 1. The van der Waals surface area contributed by atoms with Crippen LogP contribution in [-0.2, 0) is 27.2 Å². The summed E-state index contributed by atoms with van der Waals surface area (Å²) < 4.78 is 31.0. The van der Waals surface area contributed by atoms with Gasteiger partial charge in [0.25, 0.3) is 0 Å². The summed E-state index contributed by atoms with van der Waals surface area (Å²) in [5.74, 6) is -0.568. The van der Waals surface area contributed by atoms with Gasteiger partial charge in [-0.3, -0.25) is 4.98 Å². The Kier molecular flexibility index (Phi) is 10.3. The lowest BCUT2D eigenvalue weighted by atomic mass is 9.81. The van der Waals surface area contributed by atoms with Crippen molar-refractivity contribution in [1.29, 1.82) is 0 Å². The minimum atomic E-state index is -1.19. The molecule has 0 bridgehead atoms. The summed E-state index contributed by atoms with van der Waals surface area (Å²) in [5, 5.41) is 14.1. The van der Waals surface area contributed by atoms with Crippen molar-refractivity contribution in [2.24, 2.45) is 5.41 Å². The number of hydrogen-bond acceptors (Lipinski definition) is 7. The van der Waals surface area contributed by atoms with E-state index >= 15 is 0 Å². The topological polar surface area (TPSA) is 93.2 Å². The van der Waals surface area contributed by atoms with Crippen LogP contribution in [0.5, 0.6) is 5.75 Å². The first-order chi connectivity index (χ1) is 21.8. The zero-order valence-corrected chi connectivity index (χ0v) is 28.0. The Morgan fingerprint density at radius 1 is 1.11 bits per heavy atom. The molecule has 8 nitrogen and oxygen atoms in total. The highest BCUT2D eigenvalue weighted by molar-refractivity contribution is 5.88. The van der Waals surface area contributed by atoms with Crippen LogP contribution in [0.1, 0.15) is 76.1 Å². The number of pyridine rings is 1. The predicted molar refractivity (Wildman–Crippen MR) is 178 cm³/mol. The van der Waals surface area contributed by atoms with Crippen LogP contribution < -0.4 is 15.0 Å². The molecule has 46 heavy (non-hydrogen) atoms. The van der Waals surface area contributed by atoms with Gasteiger partial charge < -0.3 is 29.5 Å². The van der Waals surface area contributed by atoms with E-state index in [9.17, 15) is 14.3 Å². The molecule has 0 saturated carbocycles. The quantitative estimate of drug-likeness (QED) is 0.223. The molecule has 2 N–H and O–H groups in total. The number of aromatic nitrogens is 1. The molecule has 2 fully saturated rings. The molecule has 1 atom stereocenters. The molecule has 9 heteroatoms. The molecule has 3 heterocycles. The number of carboxylic acids is 1. The van der Waals surface area contributed by atoms with Crippen LogP contribution >= 0.6 is 0 Å². The number of rotatable bonds is 12. The number of aliphatic carboxylic acids is 1. The average Bonchev–Trinajstić information content (AvgIpc) is 2.96. The third kappa shape index (κ3) is 8.43. The fourth-order valence-corrected chi connectivity index (χ4v) is 6.01. The number of halogens is 1. The maximum atomic E-state index is 13.3. The number of nitrogens with zero attached hydrogens (tertiary/aromatic N) is 2. The summed E-state index contributed by atoms with van der Waals surface area (Å²) in [6, 6.07) is 14.6. The van der Waals surface area contributed by atoms with Gasteiger partial charge in [-0.25, -0.2) is 9.18 Å². The van der Waals surface area contributed by atoms with Crippen LogP contribution in [0.4, 0.5) is 10.1 Å². The first kappa shape index (κ1) is 33.8. The lowest BCUT2D eigenvalue weighted by molar-refractivity contribution is -0.160. The van der Waals surface area contributed by atoms with Gasteiger partial charge in [-0.15, -0.1) is 0 Å². The molecule has 248 valence electrons. The first-order valence-electron chi connectivity index (χ1n) is 16.3. The highest BCUT2D eigenvalue weighted by atomic mass is 19.1. The molecule has 2 aliphatic heterocycles. The van der Waals surface area contributed by atoms with E-state index in [1.807, 2.05) is 52.0 Å². The van der Waals surface area contributed by atoms with Crippen LogP contribution in [0.15, 0.2) is 48.5 Å². The predicted octanol–water partition coefficient (Wildman–Crippen LogP) is 6.87. The molecule has 2 saturated heterocycles. The summed E-state index contributed by atoms with van der Waals surface area (Å²) >= 11 is 0. The van der Waals surface area contributed by atoms with Gasteiger partial charge in [-0.05, 0) is 81.3 Å². The Bertz CT molecular complexity index is 1490. The van der Waals surface area contributed by atoms with Crippen LogP contribution in [-0.4, -0.2) is 60.6 Å². The molecule has 1 aromatic heterocycles. The van der Waals surface area contributed by atoms with E-state index in [1.165, 1.54) is 12.1 Å². The molecule has 0 radical (unpaired) electrons. The van der Waals surface area contributed by atoms with Gasteiger partial charge in [0.1, 0.15) is 11.6 Å². The largest absolute Gasteiger partial charge is 0.493 e. The fraction of sp³-hybridized carbons (Fsp3) is 0.514. The molecule has 5 rings (SSSR count). The zero-order valence-electron chi connectivity index (χ0n) is 28.0. The van der Waals surface area contributed by atoms with E-state index in [-0.39, 0.29) is 17.3 Å². The van der Waals surface area contributed by atoms with E-state index in [1.54, 1.807) is 12.1 Å². The van der Waals surface area contributed by atoms with E-state index in [0.717, 1.165) is 59.8 Å². The molecule has 1 unspecified atom stereocenters. The summed E-state index contributed by atoms with van der Waals surface area (Å²) in [7, 11) is 0. The van der Waals surface area contributed by atoms with E-state index in [2.05, 4.69) is 24.1 Å². The number of nitrogens with one attached hydrogen (secondary N) is 1. The van der Waals surface area contributed by atoms with Crippen molar-refractivity contribution in [2.45, 2.75) is 85.1 Å². The van der Waals surface area contributed by atoms with Crippen molar-refractivity contribution in [3.63, 3.8) is 0 Å². The highest BCUT2D eigenvalue weighted by Crippen LogP contribution is 2.45. The Morgan fingerprint density at radius 3 is 2.33 bits per heavy atom. The monoisotopic (exact) mass is 633 g/mol. The molecular formula is C37H48FN3O5. The van der Waals surface area contributed by atoms with Crippen LogP contribution in [0.3, 0.4) is 0 Å². The summed E-state index contributed by atoms with van der Waals surface area (Å²) in [6.45, 7) is 16.0. The van der Waals surface area contributed by atoms with Crippen molar-refractivity contribution >= 4 is 11.7 Å². The number of anilines is 1. The number of benzene rings is 2. The first-order valence-corrected chi connectivity index (χ1v) is 16.3. The normalized spacial score (nSPS) is 17.4. The third-order valence-corrected chi connectivity index (χ3v) is 8.78. The van der Waals surface area contributed by atoms with Gasteiger partial charge >= 0.3 is 5.97 Å². The Hall–Kier alpha value is -3.53. The number of carboxylic acid groups (broad SMARTS) is 1. The van der Waals surface area contributed by atoms with Gasteiger partial charge in [0.2, 0.25) is 0 Å². The Morgan fingerprint density at radius 2 is 1.76 bits per heavy atom. The maximum absolute atomic E-state index is 13.3. The second kappa shape index (κ2) is 14.1. The van der Waals surface area contributed by atoms with Crippen LogP contribution in [0, 0.1) is 18.2 Å². The van der Waals surface area contributed by atoms with Crippen LogP contribution in [0.25, 0.3) is 11.1 Å². The average molecular weight is 634 g/mol. The van der Waals surface area contributed by atoms with Crippen molar-refractivity contribution in [3.05, 3.63) is 76.9 Å². The van der Waals surface area contributed by atoms with Crippen LogP contribution in [0.2, 0.25) is 0 Å². The van der Waals surface area contributed by atoms with E-state index in [0.29, 0.717) is 44.0 Å². The molecule has 3 aromatic rings. The van der Waals surface area contributed by atoms with Gasteiger partial charge in [0, 0.05) is 42.9 Å². The minimum absolute atomic E-state index is 0.203. The van der Waals surface area contributed by atoms with Gasteiger partial charge in [0.05, 0.1) is 42.8 Å². The van der Waals surface area contributed by atoms with Crippen molar-refractivity contribution < 1.29 is 28.5 Å². The van der Waals surface area contributed by atoms with Crippen molar-refractivity contribution in [1.82, 2.24) is 10.3 Å². The van der Waals surface area contributed by atoms with Gasteiger partial charge in [0.15, 0.2) is 6.10 Å². The molecule has 0 amide bonds. The molecule has 0 spiro atoms. The standard InChI is InChI=1S/C37H48FN3O5/c1-24-31(34(35(42)43)46-36(2,3)4)33(41-18-16-37(5,6)17-19-41)32(30(40-24)21-39-28-22-44-23-28)26-9-13-29(14-10-26)45-20-15-25-7-11-27(38)12-8-25/h7-14,28,34,39H,15-23H2,1-6H3,(H,42,43). The molecule has 2 aliphatic rings. The summed E-state index contributed by atoms with van der Waals surface area (Å²) in [6.07, 6.45) is 1.44. The summed E-state index contributed by atoms with van der Waals surface area (Å²) in [4.78, 5) is 20.3. The van der Waals surface area contributed by atoms with E-state index < -0.39 is 17.7 Å². The Labute approximate surface area is 272 Å². The lowest BCUT2D eigenvalue weighted by Crippen LogP contribution is -2.45. The van der Waals surface area contributed by atoms with E-state index in [4.69, 9.17) is 19.2 Å². The van der Waals surface area contributed by atoms with Gasteiger partial charge in [-0.1, -0.05) is 38.1 Å². The molecular weight excluding hydrogens is 585 g/mol. The number of hydrogen-bond donors (Lipinski definition) is 2. The number of aryl methyl sites for hydroxylation is 1. The Balaban J connectivity index is 1.56. The van der Waals surface area contributed by atoms with Crippen molar-refractivity contribution in [2.75, 3.05) is 37.8 Å². The fourth-order valence-electron chi connectivity index (χ4n) is 6.01. The van der Waals surface area contributed by atoms with Crippen molar-refractivity contribution in [3.8, 4) is 16.9 Å². The number of ether oxygens (including phenoxy) is 3. The minimum Gasteiger partial charge on any atom is -0.493 e. The summed E-state index contributed by atoms with van der Waals surface area (Å²) in [5.41, 5.74) is 5.36. The third-order valence-electron chi connectivity index (χ3n) is 8.78. The smallest absolute Gasteiger partial charge is 0.337 e. The molecule has 0 aliphatic carbocycles. The molecule has 2 aromatic carbocycles. The second-order valence-electron chi connectivity index (χ2n) is 14.2.